The van der Waals surface area contributed by atoms with Crippen molar-refractivity contribution in [1.29, 1.82) is 0 Å². The average Bonchev–Trinajstić information content (AvgIpc) is 2.28. The van der Waals surface area contributed by atoms with Crippen LogP contribution >= 0.6 is 0 Å². The molecule has 1 aromatic carbocycles. The maximum atomic E-state index is 11.7. The van der Waals surface area contributed by atoms with Crippen molar-refractivity contribution in [2.45, 2.75) is 13.0 Å². The molecular weight excluding hydrogens is 256 g/mol. The third-order valence-corrected chi connectivity index (χ3v) is 3.55. The van der Waals surface area contributed by atoms with Crippen LogP contribution in [0.3, 0.4) is 0 Å². The van der Waals surface area contributed by atoms with E-state index in [0.29, 0.717) is 5.56 Å². The van der Waals surface area contributed by atoms with Crippen molar-refractivity contribution < 1.29 is 18.0 Å². The number of Topliss-reactive ketones (excluding diaryl/α,β-unsaturated/α-hetero) is 1. The van der Waals surface area contributed by atoms with E-state index in [1.807, 2.05) is 4.72 Å². The number of nitrogens with two attached hydrogens (primary N) is 1. The zero-order chi connectivity index (χ0) is 13.8. The molecule has 7 heteroatoms. The topological polar surface area (TPSA) is 106 Å². The summed E-state index contributed by atoms with van der Waals surface area (Å²) in [5, 5.41) is 0. The van der Waals surface area contributed by atoms with Crippen LogP contribution in [-0.2, 0) is 14.8 Å². The number of sulfonamides is 1. The molecule has 0 spiro atoms. The molecule has 6 nitrogen and oxygen atoms in total. The van der Waals surface area contributed by atoms with E-state index in [1.165, 1.54) is 19.1 Å². The van der Waals surface area contributed by atoms with Crippen LogP contribution in [0.1, 0.15) is 17.3 Å². The molecule has 0 heterocycles. The molecule has 1 atom stereocenters. The van der Waals surface area contributed by atoms with Crippen LogP contribution in [0.5, 0.6) is 0 Å². The molecule has 0 bridgehead atoms. The van der Waals surface area contributed by atoms with Crippen molar-refractivity contribution in [3.8, 4) is 0 Å². The van der Waals surface area contributed by atoms with Gasteiger partial charge in [0.15, 0.2) is 5.78 Å². The van der Waals surface area contributed by atoms with Gasteiger partial charge in [0.05, 0.1) is 6.04 Å². The van der Waals surface area contributed by atoms with Gasteiger partial charge in [0.25, 0.3) is 0 Å². The second kappa shape index (κ2) is 5.74. The Balaban J connectivity index is 2.73. The lowest BCUT2D eigenvalue weighted by Gasteiger charge is -2.10. The number of carbonyl (C=O) groups is 2. The van der Waals surface area contributed by atoms with Gasteiger partial charge in [0.1, 0.15) is 5.75 Å². The summed E-state index contributed by atoms with van der Waals surface area (Å²) >= 11 is 0. The molecule has 0 saturated carbocycles. The van der Waals surface area contributed by atoms with Crippen molar-refractivity contribution in [2.24, 2.45) is 5.73 Å². The molecule has 0 aliphatic carbocycles. The zero-order valence-electron chi connectivity index (χ0n) is 9.79. The van der Waals surface area contributed by atoms with Gasteiger partial charge in [0.2, 0.25) is 15.9 Å². The molecule has 0 unspecified atom stereocenters. The lowest BCUT2D eigenvalue weighted by Crippen LogP contribution is -2.44. The Morgan fingerprint density at radius 3 is 2.33 bits per heavy atom. The number of amides is 1. The molecule has 0 radical (unpaired) electrons. The van der Waals surface area contributed by atoms with Gasteiger partial charge in [-0.2, -0.15) is 0 Å². The van der Waals surface area contributed by atoms with E-state index >= 15 is 0 Å². The minimum atomic E-state index is -3.87. The number of hydrogen-bond acceptors (Lipinski definition) is 4. The van der Waals surface area contributed by atoms with Gasteiger partial charge in [-0.25, -0.2) is 13.1 Å². The van der Waals surface area contributed by atoms with E-state index in [0.717, 1.165) is 0 Å². The Kier molecular flexibility index (Phi) is 4.57. The summed E-state index contributed by atoms with van der Waals surface area (Å²) in [5.74, 6) is -2.06. The van der Waals surface area contributed by atoms with Gasteiger partial charge in [-0.15, -0.1) is 0 Å². The second-order valence-electron chi connectivity index (χ2n) is 3.79. The van der Waals surface area contributed by atoms with Crippen LogP contribution in [-0.4, -0.2) is 31.9 Å². The monoisotopic (exact) mass is 270 g/mol. The highest BCUT2D eigenvalue weighted by atomic mass is 32.2. The molecule has 18 heavy (non-hydrogen) atoms. The van der Waals surface area contributed by atoms with E-state index in [2.05, 4.69) is 0 Å². The molecule has 1 aromatic rings. The minimum Gasteiger partial charge on any atom is -0.368 e. The summed E-state index contributed by atoms with van der Waals surface area (Å²) in [6.07, 6.45) is 0. The smallest absolute Gasteiger partial charge is 0.235 e. The van der Waals surface area contributed by atoms with Gasteiger partial charge in [0, 0.05) is 5.56 Å². The van der Waals surface area contributed by atoms with E-state index in [4.69, 9.17) is 5.73 Å². The van der Waals surface area contributed by atoms with E-state index < -0.39 is 33.5 Å². The van der Waals surface area contributed by atoms with E-state index in [-0.39, 0.29) is 0 Å². The summed E-state index contributed by atoms with van der Waals surface area (Å²) < 4.78 is 25.2. The third kappa shape index (κ3) is 4.27. The fourth-order valence-electron chi connectivity index (χ4n) is 1.25. The van der Waals surface area contributed by atoms with Crippen molar-refractivity contribution in [2.75, 3.05) is 5.75 Å². The Morgan fingerprint density at radius 1 is 1.28 bits per heavy atom. The van der Waals surface area contributed by atoms with Crippen molar-refractivity contribution in [1.82, 2.24) is 4.72 Å². The number of primary amides is 1. The molecule has 0 fully saturated rings. The molecule has 1 rings (SSSR count). The van der Waals surface area contributed by atoms with Gasteiger partial charge in [-0.3, -0.25) is 9.59 Å². The van der Waals surface area contributed by atoms with E-state index in [1.54, 1.807) is 18.2 Å². The predicted molar refractivity (Wildman–Crippen MR) is 66.4 cm³/mol. The summed E-state index contributed by atoms with van der Waals surface area (Å²) in [6, 6.07) is 7.00. The molecule has 98 valence electrons. The van der Waals surface area contributed by atoms with Gasteiger partial charge in [-0.05, 0) is 6.92 Å². The average molecular weight is 270 g/mol. The molecule has 0 saturated heterocycles. The fraction of sp³-hybridized carbons (Fsp3) is 0.273. The Bertz CT molecular complexity index is 539. The Labute approximate surface area is 105 Å². The first-order chi connectivity index (χ1) is 8.32. The number of nitrogens with one attached hydrogen (secondary N) is 1. The van der Waals surface area contributed by atoms with Crippen LogP contribution in [0.15, 0.2) is 30.3 Å². The lowest BCUT2D eigenvalue weighted by atomic mass is 10.2. The lowest BCUT2D eigenvalue weighted by molar-refractivity contribution is -0.119. The number of ketones is 1. The van der Waals surface area contributed by atoms with Crippen LogP contribution in [0.25, 0.3) is 0 Å². The molecule has 0 aliphatic heterocycles. The number of rotatable bonds is 6. The zero-order valence-corrected chi connectivity index (χ0v) is 10.6. The highest BCUT2D eigenvalue weighted by Crippen LogP contribution is 2.02. The van der Waals surface area contributed by atoms with Crippen LogP contribution in [0, 0.1) is 0 Å². The summed E-state index contributed by atoms with van der Waals surface area (Å²) in [4.78, 5) is 22.4. The number of benzene rings is 1. The second-order valence-corrected chi connectivity index (χ2v) is 5.54. The Hall–Kier alpha value is -1.73. The highest BCUT2D eigenvalue weighted by molar-refractivity contribution is 7.90. The van der Waals surface area contributed by atoms with Gasteiger partial charge in [-0.1, -0.05) is 30.3 Å². The van der Waals surface area contributed by atoms with Crippen LogP contribution < -0.4 is 10.5 Å². The molecule has 3 N–H and O–H groups in total. The normalized spacial score (nSPS) is 12.9. The van der Waals surface area contributed by atoms with Crippen molar-refractivity contribution >= 4 is 21.7 Å². The summed E-state index contributed by atoms with van der Waals surface area (Å²) in [5.41, 5.74) is 5.23. The third-order valence-electron chi connectivity index (χ3n) is 2.20. The summed E-state index contributed by atoms with van der Waals surface area (Å²) in [6.45, 7) is 1.31. The first kappa shape index (κ1) is 14.3. The van der Waals surface area contributed by atoms with Gasteiger partial charge >= 0.3 is 0 Å². The number of carbonyl (C=O) groups excluding carboxylic acids is 2. The molecule has 1 amide bonds. The predicted octanol–water partition coefficient (Wildman–Crippen LogP) is -0.338. The molecule has 0 aromatic heterocycles. The summed E-state index contributed by atoms with van der Waals surface area (Å²) in [7, 11) is -3.87. The minimum absolute atomic E-state index is 0.301. The molecular formula is C11H14N2O4S. The maximum absolute atomic E-state index is 11.7. The first-order valence-corrected chi connectivity index (χ1v) is 6.84. The van der Waals surface area contributed by atoms with Crippen molar-refractivity contribution in [3.63, 3.8) is 0 Å². The maximum Gasteiger partial charge on any atom is 0.235 e. The van der Waals surface area contributed by atoms with Gasteiger partial charge < -0.3 is 5.73 Å². The van der Waals surface area contributed by atoms with Crippen LogP contribution in [0.2, 0.25) is 0 Å². The van der Waals surface area contributed by atoms with E-state index in [9.17, 15) is 18.0 Å². The Morgan fingerprint density at radius 2 is 1.83 bits per heavy atom. The first-order valence-electron chi connectivity index (χ1n) is 5.19. The van der Waals surface area contributed by atoms with Crippen molar-refractivity contribution in [3.05, 3.63) is 35.9 Å². The number of hydrogen-bond donors (Lipinski definition) is 2. The molecule has 0 aliphatic rings. The SMILES string of the molecule is C[C@@H](NS(=O)(=O)CC(=O)c1ccccc1)C(N)=O. The largest absolute Gasteiger partial charge is 0.368 e. The fourth-order valence-corrected chi connectivity index (χ4v) is 2.50. The van der Waals surface area contributed by atoms with Crippen LogP contribution in [0.4, 0.5) is 0 Å². The highest BCUT2D eigenvalue weighted by Gasteiger charge is 2.21. The standard InChI is InChI=1S/C11H14N2O4S/c1-8(11(12)15)13-18(16,17)7-10(14)9-5-3-2-4-6-9/h2-6,8,13H,7H2,1H3,(H2,12,15)/t8-/m1/s1. The quantitative estimate of drug-likeness (QED) is 0.690.